The number of carboxylic acid groups (broad SMARTS) is 2. The van der Waals surface area contributed by atoms with E-state index in [1.807, 2.05) is 21.1 Å². The van der Waals surface area contributed by atoms with Gasteiger partial charge in [0, 0.05) is 25.2 Å². The monoisotopic (exact) mass is 445 g/mol. The first-order valence-electron chi connectivity index (χ1n) is 11.6. The van der Waals surface area contributed by atoms with Crippen molar-refractivity contribution in [1.82, 2.24) is 0 Å². The molecule has 0 aromatic rings. The van der Waals surface area contributed by atoms with Gasteiger partial charge in [-0.1, -0.05) is 44.9 Å². The quantitative estimate of drug-likeness (QED) is 0.167. The van der Waals surface area contributed by atoms with E-state index < -0.39 is 18.0 Å². The highest BCUT2D eigenvalue weighted by Gasteiger charge is 2.22. The number of carbonyl (C=O) groups excluding carboxylic acids is 2. The number of carbonyl (C=O) groups is 3. The van der Waals surface area contributed by atoms with Crippen LogP contribution in [0.25, 0.3) is 0 Å². The molecule has 0 aromatic carbocycles. The van der Waals surface area contributed by atoms with Gasteiger partial charge in [0.2, 0.25) is 0 Å². The van der Waals surface area contributed by atoms with E-state index in [0.29, 0.717) is 23.9 Å². The minimum absolute atomic E-state index is 0.243. The zero-order valence-corrected chi connectivity index (χ0v) is 19.6. The Balaban J connectivity index is 3.75. The summed E-state index contributed by atoms with van der Waals surface area (Å²) in [5.41, 5.74) is 0. The van der Waals surface area contributed by atoms with Crippen LogP contribution in [-0.4, -0.2) is 72.5 Å². The van der Waals surface area contributed by atoms with Gasteiger partial charge in [0.25, 0.3) is 0 Å². The van der Waals surface area contributed by atoms with Gasteiger partial charge in [-0.15, -0.1) is 0 Å². The van der Waals surface area contributed by atoms with Crippen molar-refractivity contribution in [2.45, 2.75) is 102 Å². The fraction of sp³-hybridized carbons (Fsp3) is 0.870. The van der Waals surface area contributed by atoms with Crippen LogP contribution in [0.3, 0.4) is 0 Å². The van der Waals surface area contributed by atoms with Crippen LogP contribution >= 0.6 is 0 Å². The SMILES string of the molecule is C[N+](C)(C)CC(CC(=O)[O-])OC(=O)CCCCCC(O)CCCCCCCCC(=O)O. The van der Waals surface area contributed by atoms with Gasteiger partial charge < -0.3 is 29.3 Å². The van der Waals surface area contributed by atoms with Crippen molar-refractivity contribution in [3.05, 3.63) is 0 Å². The van der Waals surface area contributed by atoms with Gasteiger partial charge in [-0.25, -0.2) is 0 Å². The third-order valence-electron chi connectivity index (χ3n) is 5.04. The Labute approximate surface area is 187 Å². The lowest BCUT2D eigenvalue weighted by Gasteiger charge is -2.29. The molecule has 31 heavy (non-hydrogen) atoms. The van der Waals surface area contributed by atoms with Gasteiger partial charge in [-0.05, 0) is 25.7 Å². The minimum atomic E-state index is -1.22. The zero-order valence-electron chi connectivity index (χ0n) is 19.6. The number of rotatable bonds is 20. The number of aliphatic hydroxyl groups excluding tert-OH is 1. The molecule has 0 rings (SSSR count). The number of aliphatic carboxylic acids is 2. The Bertz CT molecular complexity index is 517. The van der Waals surface area contributed by atoms with Crippen molar-refractivity contribution >= 4 is 17.9 Å². The van der Waals surface area contributed by atoms with Crippen LogP contribution in [-0.2, 0) is 19.1 Å². The van der Waals surface area contributed by atoms with Crippen molar-refractivity contribution in [1.29, 1.82) is 0 Å². The highest BCUT2D eigenvalue weighted by Crippen LogP contribution is 2.14. The molecule has 0 amide bonds. The number of esters is 1. The first-order valence-corrected chi connectivity index (χ1v) is 11.6. The van der Waals surface area contributed by atoms with Gasteiger partial charge in [-0.3, -0.25) is 9.59 Å². The van der Waals surface area contributed by atoms with Crippen molar-refractivity contribution in [2.75, 3.05) is 27.7 Å². The molecule has 0 saturated heterocycles. The Hall–Kier alpha value is -1.67. The van der Waals surface area contributed by atoms with E-state index in [9.17, 15) is 24.6 Å². The first kappa shape index (κ1) is 29.3. The molecule has 2 unspecified atom stereocenters. The summed E-state index contributed by atoms with van der Waals surface area (Å²) in [6.45, 7) is 0.411. The number of hydrogen-bond acceptors (Lipinski definition) is 6. The number of hydrogen-bond donors (Lipinski definition) is 2. The molecular formula is C23H43NO7. The Kier molecular flexibility index (Phi) is 16.0. The smallest absolute Gasteiger partial charge is 0.306 e. The van der Waals surface area contributed by atoms with Crippen LogP contribution in [0, 0.1) is 0 Å². The third kappa shape index (κ3) is 21.4. The summed E-state index contributed by atoms with van der Waals surface area (Å²) >= 11 is 0. The number of carboxylic acids is 2. The predicted molar refractivity (Wildman–Crippen MR) is 116 cm³/mol. The van der Waals surface area contributed by atoms with E-state index in [-0.39, 0.29) is 31.3 Å². The van der Waals surface area contributed by atoms with Gasteiger partial charge in [-0.2, -0.15) is 0 Å². The number of ether oxygens (including phenoxy) is 1. The molecule has 0 heterocycles. The molecule has 0 aliphatic rings. The van der Waals surface area contributed by atoms with Crippen molar-refractivity contribution < 1.29 is 38.9 Å². The molecule has 8 heteroatoms. The van der Waals surface area contributed by atoms with Gasteiger partial charge in [0.05, 0.1) is 27.2 Å². The van der Waals surface area contributed by atoms with Crippen LogP contribution < -0.4 is 5.11 Å². The normalized spacial score (nSPS) is 13.5. The Morgan fingerprint density at radius 1 is 0.839 bits per heavy atom. The lowest BCUT2D eigenvalue weighted by atomic mass is 10.0. The largest absolute Gasteiger partial charge is 0.550 e. The van der Waals surface area contributed by atoms with Crippen LogP contribution in [0.1, 0.15) is 89.9 Å². The summed E-state index contributed by atoms with van der Waals surface area (Å²) in [5, 5.41) is 29.5. The van der Waals surface area contributed by atoms with Crippen LogP contribution in [0.2, 0.25) is 0 Å². The summed E-state index contributed by atoms with van der Waals surface area (Å²) in [5.74, 6) is -2.35. The Morgan fingerprint density at radius 3 is 1.84 bits per heavy atom. The topological polar surface area (TPSA) is 124 Å². The zero-order chi connectivity index (χ0) is 23.7. The molecule has 2 atom stereocenters. The average Bonchev–Trinajstić information content (AvgIpc) is 2.61. The number of aliphatic hydroxyl groups is 1. The molecule has 0 bridgehead atoms. The molecule has 2 N–H and O–H groups in total. The molecule has 0 spiro atoms. The predicted octanol–water partition coefficient (Wildman–Crippen LogP) is 2.26. The number of unbranched alkanes of at least 4 members (excludes halogenated alkanes) is 7. The van der Waals surface area contributed by atoms with Crippen LogP contribution in [0.4, 0.5) is 0 Å². The fourth-order valence-corrected chi connectivity index (χ4v) is 3.52. The van der Waals surface area contributed by atoms with E-state index in [1.165, 1.54) is 0 Å². The lowest BCUT2D eigenvalue weighted by Crippen LogP contribution is -2.45. The molecule has 182 valence electrons. The molecule has 0 aliphatic carbocycles. The molecule has 0 radical (unpaired) electrons. The van der Waals surface area contributed by atoms with Crippen molar-refractivity contribution in [3.8, 4) is 0 Å². The summed E-state index contributed by atoms with van der Waals surface area (Å²) < 4.78 is 5.82. The maximum absolute atomic E-state index is 12.0. The van der Waals surface area contributed by atoms with Gasteiger partial charge >= 0.3 is 11.9 Å². The van der Waals surface area contributed by atoms with Crippen molar-refractivity contribution in [2.24, 2.45) is 0 Å². The van der Waals surface area contributed by atoms with Crippen LogP contribution in [0.5, 0.6) is 0 Å². The molecule has 8 nitrogen and oxygen atoms in total. The highest BCUT2D eigenvalue weighted by molar-refractivity contribution is 5.70. The number of nitrogens with zero attached hydrogens (tertiary/aromatic N) is 1. The summed E-state index contributed by atoms with van der Waals surface area (Å²) in [6.07, 6.45) is 8.79. The highest BCUT2D eigenvalue weighted by atomic mass is 16.5. The molecule has 0 aromatic heterocycles. The first-order chi connectivity index (χ1) is 14.5. The number of likely N-dealkylation sites (N-methyl/N-ethyl adjacent to an activating group) is 1. The third-order valence-corrected chi connectivity index (χ3v) is 5.04. The van der Waals surface area contributed by atoms with Crippen LogP contribution in [0.15, 0.2) is 0 Å². The second-order valence-corrected chi connectivity index (χ2v) is 9.47. The molecule has 0 fully saturated rings. The van der Waals surface area contributed by atoms with E-state index in [2.05, 4.69) is 0 Å². The minimum Gasteiger partial charge on any atom is -0.550 e. The molecule has 0 saturated carbocycles. The maximum atomic E-state index is 12.0. The Morgan fingerprint density at radius 2 is 1.32 bits per heavy atom. The van der Waals surface area contributed by atoms with Gasteiger partial charge in [0.15, 0.2) is 6.10 Å². The van der Waals surface area contributed by atoms with E-state index in [1.54, 1.807) is 0 Å². The fourth-order valence-electron chi connectivity index (χ4n) is 3.52. The van der Waals surface area contributed by atoms with E-state index >= 15 is 0 Å². The summed E-state index contributed by atoms with van der Waals surface area (Å²) in [7, 11) is 5.72. The summed E-state index contributed by atoms with van der Waals surface area (Å²) in [6, 6.07) is 0. The lowest BCUT2D eigenvalue weighted by molar-refractivity contribution is -0.873. The second-order valence-electron chi connectivity index (χ2n) is 9.47. The summed E-state index contributed by atoms with van der Waals surface area (Å²) in [4.78, 5) is 33.3. The van der Waals surface area contributed by atoms with E-state index in [4.69, 9.17) is 9.84 Å². The maximum Gasteiger partial charge on any atom is 0.306 e. The number of quaternary nitrogens is 1. The van der Waals surface area contributed by atoms with E-state index in [0.717, 1.165) is 57.8 Å². The molecule has 0 aliphatic heterocycles. The second kappa shape index (κ2) is 17.0. The van der Waals surface area contributed by atoms with Crippen molar-refractivity contribution in [3.63, 3.8) is 0 Å². The molecular weight excluding hydrogens is 402 g/mol. The average molecular weight is 446 g/mol. The van der Waals surface area contributed by atoms with Gasteiger partial charge in [0.1, 0.15) is 6.54 Å². The standard InChI is InChI=1S/C23H43NO7/c1-24(2,3)18-20(17-22(28)29)31-23(30)16-12-8-10-14-19(25)13-9-6-4-5-7-11-15-21(26)27/h19-20,25H,4-18H2,1-3H3,(H-,26,27,28,29).